The van der Waals surface area contributed by atoms with E-state index in [1.165, 1.54) is 28.6 Å². The quantitative estimate of drug-likeness (QED) is 0.650. The van der Waals surface area contributed by atoms with Crippen molar-refractivity contribution in [2.24, 2.45) is 5.92 Å². The first-order valence-electron chi connectivity index (χ1n) is 6.46. The predicted molar refractivity (Wildman–Crippen MR) is 71.8 cm³/mol. The zero-order valence-electron chi connectivity index (χ0n) is 10.7. The fraction of sp³-hybridized carbons (Fsp3) is 0.500. The molecule has 2 atom stereocenters. The first-order valence-corrected chi connectivity index (χ1v) is 7.90. The van der Waals surface area contributed by atoms with Gasteiger partial charge in [0.05, 0.1) is 9.82 Å². The fourth-order valence-electron chi connectivity index (χ4n) is 2.70. The van der Waals surface area contributed by atoms with Crippen LogP contribution in [0.5, 0.6) is 0 Å². The molecule has 7 nitrogen and oxygen atoms in total. The zero-order chi connectivity index (χ0) is 14.3. The molecule has 0 unspecified atom stereocenters. The Bertz CT molecular complexity index is 629. The lowest BCUT2D eigenvalue weighted by Gasteiger charge is -2.45. The molecule has 0 spiro atoms. The van der Waals surface area contributed by atoms with Crippen molar-refractivity contribution in [3.63, 3.8) is 0 Å². The van der Waals surface area contributed by atoms with Crippen LogP contribution in [-0.2, 0) is 10.0 Å². The second-order valence-electron chi connectivity index (χ2n) is 5.18. The number of piperidine rings is 1. The molecule has 0 radical (unpaired) electrons. The van der Waals surface area contributed by atoms with Crippen LogP contribution in [0.15, 0.2) is 29.2 Å². The number of sulfonamides is 1. The monoisotopic (exact) mass is 297 g/mol. The summed E-state index contributed by atoms with van der Waals surface area (Å²) in [5, 5.41) is 13.8. The molecule has 1 aromatic carbocycles. The number of hydrogen-bond donors (Lipinski definition) is 1. The van der Waals surface area contributed by atoms with Crippen LogP contribution >= 0.6 is 0 Å². The molecule has 0 amide bonds. The summed E-state index contributed by atoms with van der Waals surface area (Å²) in [4.78, 5) is 10.2. The SMILES string of the molecule is O=[N+]([O-])c1ccc(S(=O)(=O)N2CC[C@H]3CN[C@H]3C2)cc1. The van der Waals surface area contributed by atoms with E-state index in [9.17, 15) is 18.5 Å². The number of rotatable bonds is 3. The molecule has 1 N–H and O–H groups in total. The number of nitro groups is 1. The summed E-state index contributed by atoms with van der Waals surface area (Å²) in [5.41, 5.74) is -0.108. The molecule has 2 heterocycles. The van der Waals surface area contributed by atoms with Crippen LogP contribution in [0.25, 0.3) is 0 Å². The van der Waals surface area contributed by atoms with Gasteiger partial charge < -0.3 is 5.32 Å². The van der Waals surface area contributed by atoms with Crippen molar-refractivity contribution in [2.75, 3.05) is 19.6 Å². The van der Waals surface area contributed by atoms with Crippen LogP contribution in [0.1, 0.15) is 6.42 Å². The van der Waals surface area contributed by atoms with Crippen molar-refractivity contribution in [3.8, 4) is 0 Å². The Morgan fingerprint density at radius 2 is 2.00 bits per heavy atom. The Morgan fingerprint density at radius 1 is 1.30 bits per heavy atom. The van der Waals surface area contributed by atoms with E-state index in [-0.39, 0.29) is 16.6 Å². The molecule has 20 heavy (non-hydrogen) atoms. The van der Waals surface area contributed by atoms with E-state index < -0.39 is 14.9 Å². The Hall–Kier alpha value is -1.51. The average molecular weight is 297 g/mol. The van der Waals surface area contributed by atoms with Gasteiger partial charge in [0.25, 0.3) is 5.69 Å². The van der Waals surface area contributed by atoms with Crippen molar-refractivity contribution in [2.45, 2.75) is 17.4 Å². The highest BCUT2D eigenvalue weighted by atomic mass is 32.2. The van der Waals surface area contributed by atoms with Crippen molar-refractivity contribution < 1.29 is 13.3 Å². The largest absolute Gasteiger partial charge is 0.312 e. The van der Waals surface area contributed by atoms with Gasteiger partial charge in [0, 0.05) is 31.3 Å². The number of benzene rings is 1. The number of nitrogens with zero attached hydrogens (tertiary/aromatic N) is 2. The standard InChI is InChI=1S/C12H15N3O4S/c16-15(17)10-1-3-11(4-2-10)20(18,19)14-6-5-9-7-13-12(9)8-14/h1-4,9,12-13H,5-8H2/t9-,12-/m0/s1. The minimum Gasteiger partial charge on any atom is -0.312 e. The van der Waals surface area contributed by atoms with Crippen LogP contribution in [0.4, 0.5) is 5.69 Å². The molecule has 2 aliphatic heterocycles. The van der Waals surface area contributed by atoms with Crippen LogP contribution in [0.2, 0.25) is 0 Å². The van der Waals surface area contributed by atoms with Gasteiger partial charge in [-0.25, -0.2) is 8.42 Å². The van der Waals surface area contributed by atoms with Gasteiger partial charge in [-0.2, -0.15) is 4.31 Å². The molecule has 2 aliphatic rings. The van der Waals surface area contributed by atoms with Gasteiger partial charge in [-0.05, 0) is 31.0 Å². The third-order valence-electron chi connectivity index (χ3n) is 4.05. The predicted octanol–water partition coefficient (Wildman–Crippen LogP) is 0.577. The second kappa shape index (κ2) is 4.80. The average Bonchev–Trinajstić information content (AvgIpc) is 2.40. The summed E-state index contributed by atoms with van der Waals surface area (Å²) in [6.45, 7) is 1.96. The Morgan fingerprint density at radius 3 is 2.50 bits per heavy atom. The molecule has 1 aromatic rings. The van der Waals surface area contributed by atoms with Crippen molar-refractivity contribution in [1.82, 2.24) is 9.62 Å². The van der Waals surface area contributed by atoms with Crippen LogP contribution in [-0.4, -0.2) is 43.3 Å². The molecular weight excluding hydrogens is 282 g/mol. The number of nitro benzene ring substituents is 1. The molecule has 0 aliphatic carbocycles. The molecule has 3 rings (SSSR count). The van der Waals surface area contributed by atoms with Gasteiger partial charge in [-0.15, -0.1) is 0 Å². The second-order valence-corrected chi connectivity index (χ2v) is 7.12. The number of nitrogens with one attached hydrogen (secondary N) is 1. The van der Waals surface area contributed by atoms with Crippen LogP contribution in [0, 0.1) is 16.0 Å². The van der Waals surface area contributed by atoms with E-state index in [0.29, 0.717) is 19.0 Å². The van der Waals surface area contributed by atoms with Gasteiger partial charge in [-0.1, -0.05) is 0 Å². The lowest BCUT2D eigenvalue weighted by molar-refractivity contribution is -0.384. The zero-order valence-corrected chi connectivity index (χ0v) is 11.5. The van der Waals surface area contributed by atoms with Gasteiger partial charge in [0.2, 0.25) is 10.0 Å². The lowest BCUT2D eigenvalue weighted by Crippen LogP contribution is -2.62. The maximum Gasteiger partial charge on any atom is 0.269 e. The van der Waals surface area contributed by atoms with E-state index in [1.807, 2.05) is 0 Å². The molecule has 0 bridgehead atoms. The Labute approximate surface area is 116 Å². The summed E-state index contributed by atoms with van der Waals surface area (Å²) in [5.74, 6) is 0.582. The molecule has 8 heteroatoms. The summed E-state index contributed by atoms with van der Waals surface area (Å²) in [6, 6.07) is 5.29. The first kappa shape index (κ1) is 13.5. The molecule has 2 fully saturated rings. The maximum atomic E-state index is 12.5. The minimum absolute atomic E-state index is 0.108. The fourth-order valence-corrected chi connectivity index (χ4v) is 4.18. The maximum absolute atomic E-state index is 12.5. The van der Waals surface area contributed by atoms with E-state index >= 15 is 0 Å². The lowest BCUT2D eigenvalue weighted by atomic mass is 9.86. The van der Waals surface area contributed by atoms with Gasteiger partial charge in [0.1, 0.15) is 0 Å². The smallest absolute Gasteiger partial charge is 0.269 e. The molecule has 0 saturated carbocycles. The van der Waals surface area contributed by atoms with E-state index in [2.05, 4.69) is 5.32 Å². The third-order valence-corrected chi connectivity index (χ3v) is 5.93. The molecule has 2 saturated heterocycles. The first-order chi connectivity index (χ1) is 9.48. The summed E-state index contributed by atoms with van der Waals surface area (Å²) in [6.07, 6.45) is 0.865. The number of hydrogen-bond acceptors (Lipinski definition) is 5. The van der Waals surface area contributed by atoms with Crippen LogP contribution in [0.3, 0.4) is 0 Å². The minimum atomic E-state index is -3.56. The Balaban J connectivity index is 1.82. The molecule has 0 aromatic heterocycles. The highest BCUT2D eigenvalue weighted by Crippen LogP contribution is 2.28. The van der Waals surface area contributed by atoms with Gasteiger partial charge in [-0.3, -0.25) is 10.1 Å². The molecule has 108 valence electrons. The summed E-state index contributed by atoms with van der Waals surface area (Å²) < 4.78 is 26.4. The highest BCUT2D eigenvalue weighted by Gasteiger charge is 2.39. The number of non-ortho nitro benzene ring substituents is 1. The normalized spacial score (nSPS) is 26.6. The van der Waals surface area contributed by atoms with Crippen molar-refractivity contribution in [3.05, 3.63) is 34.4 Å². The summed E-state index contributed by atoms with van der Waals surface area (Å²) >= 11 is 0. The number of fused-ring (bicyclic) bond motifs is 1. The third kappa shape index (κ3) is 2.19. The Kier molecular flexibility index (Phi) is 3.23. The highest BCUT2D eigenvalue weighted by molar-refractivity contribution is 7.89. The topological polar surface area (TPSA) is 92.5 Å². The van der Waals surface area contributed by atoms with E-state index in [0.717, 1.165) is 13.0 Å². The van der Waals surface area contributed by atoms with Crippen LogP contribution < -0.4 is 5.32 Å². The van der Waals surface area contributed by atoms with Gasteiger partial charge in [0.15, 0.2) is 0 Å². The van der Waals surface area contributed by atoms with Crippen molar-refractivity contribution >= 4 is 15.7 Å². The van der Waals surface area contributed by atoms with E-state index in [4.69, 9.17) is 0 Å². The van der Waals surface area contributed by atoms with Gasteiger partial charge >= 0.3 is 0 Å². The van der Waals surface area contributed by atoms with Crippen molar-refractivity contribution in [1.29, 1.82) is 0 Å². The van der Waals surface area contributed by atoms with E-state index in [1.54, 1.807) is 0 Å². The molecular formula is C12H15N3O4S. The summed E-state index contributed by atoms with van der Waals surface area (Å²) in [7, 11) is -3.56.